The zero-order valence-corrected chi connectivity index (χ0v) is 22.0. The van der Waals surface area contributed by atoms with Crippen molar-refractivity contribution in [2.24, 2.45) is 0 Å². The molecular weight excluding hydrogens is 446 g/mol. The van der Waals surface area contributed by atoms with Gasteiger partial charge in [0, 0.05) is 30.3 Å². The molecule has 4 heteroatoms. The summed E-state index contributed by atoms with van der Waals surface area (Å²) in [7, 11) is 2.13. The lowest BCUT2D eigenvalue weighted by Crippen LogP contribution is -2.60. The molecule has 0 bridgehead atoms. The average Bonchev–Trinajstić information content (AvgIpc) is 3.06. The van der Waals surface area contributed by atoms with Gasteiger partial charge in [-0.15, -0.1) is 0 Å². The fourth-order valence-electron chi connectivity index (χ4n) is 5.94. The van der Waals surface area contributed by atoms with E-state index in [1.54, 1.807) is 0 Å². The minimum atomic E-state index is -0.443. The number of nitrogens with zero attached hydrogens (tertiary/aromatic N) is 1. The second-order valence-electron chi connectivity index (χ2n) is 10.7. The van der Waals surface area contributed by atoms with Crippen molar-refractivity contribution in [1.29, 1.82) is 0 Å². The lowest BCUT2D eigenvalue weighted by atomic mass is 9.74. The maximum atomic E-state index is 13.2. The highest BCUT2D eigenvalue weighted by Gasteiger charge is 2.58. The van der Waals surface area contributed by atoms with Crippen LogP contribution in [0.1, 0.15) is 79.9 Å². The van der Waals surface area contributed by atoms with E-state index in [9.17, 15) is 4.79 Å². The van der Waals surface area contributed by atoms with E-state index in [-0.39, 0.29) is 11.2 Å². The van der Waals surface area contributed by atoms with Crippen molar-refractivity contribution in [2.45, 2.75) is 70.4 Å². The highest BCUT2D eigenvalue weighted by atomic mass is 16.5. The van der Waals surface area contributed by atoms with Crippen LogP contribution in [0.5, 0.6) is 11.5 Å². The fourth-order valence-corrected chi connectivity index (χ4v) is 5.94. The van der Waals surface area contributed by atoms with E-state index in [1.165, 1.54) is 30.5 Å². The van der Waals surface area contributed by atoms with Crippen molar-refractivity contribution in [3.05, 3.63) is 89.0 Å². The number of carbonyl (C=O) groups excluding carboxylic acids is 1. The van der Waals surface area contributed by atoms with Gasteiger partial charge in [0.15, 0.2) is 11.5 Å². The van der Waals surface area contributed by atoms with Crippen LogP contribution < -0.4 is 14.4 Å². The molecule has 1 atom stereocenters. The molecular formula is C32H37NO3. The van der Waals surface area contributed by atoms with Gasteiger partial charge in [0.05, 0.1) is 12.0 Å². The lowest BCUT2D eigenvalue weighted by molar-refractivity contribution is -0.00582. The Balaban J connectivity index is 1.30. The number of ketones is 1. The Morgan fingerprint density at radius 2 is 1.72 bits per heavy atom. The molecule has 2 heterocycles. The predicted octanol–water partition coefficient (Wildman–Crippen LogP) is 7.33. The molecule has 0 saturated heterocycles. The molecule has 3 aromatic carbocycles. The van der Waals surface area contributed by atoms with E-state index in [4.69, 9.17) is 9.47 Å². The Morgan fingerprint density at radius 1 is 0.972 bits per heavy atom. The molecule has 2 aliphatic rings. The van der Waals surface area contributed by atoms with Crippen molar-refractivity contribution in [3.63, 3.8) is 0 Å². The number of anilines is 1. The SMILES string of the molecule is CCCCCCOc1ccc(C(=O)c2ccc3c(c2)CCC2(O3)N(C)c3ccccc3C2(C)C)cc1. The summed E-state index contributed by atoms with van der Waals surface area (Å²) < 4.78 is 12.6. The molecule has 188 valence electrons. The molecule has 3 aromatic rings. The second-order valence-corrected chi connectivity index (χ2v) is 10.7. The number of ether oxygens (including phenoxy) is 2. The Morgan fingerprint density at radius 3 is 2.47 bits per heavy atom. The van der Waals surface area contributed by atoms with E-state index in [0.29, 0.717) is 11.1 Å². The smallest absolute Gasteiger partial charge is 0.193 e. The first-order chi connectivity index (χ1) is 17.4. The third kappa shape index (κ3) is 4.07. The van der Waals surface area contributed by atoms with Crippen LogP contribution in [0.25, 0.3) is 0 Å². The quantitative estimate of drug-likeness (QED) is 0.248. The van der Waals surface area contributed by atoms with Crippen molar-refractivity contribution < 1.29 is 14.3 Å². The zero-order valence-electron chi connectivity index (χ0n) is 22.0. The van der Waals surface area contributed by atoms with Gasteiger partial charge in [0.2, 0.25) is 0 Å². The number of carbonyl (C=O) groups is 1. The molecule has 0 amide bonds. The number of aryl methyl sites for hydroxylation is 1. The maximum absolute atomic E-state index is 13.2. The topological polar surface area (TPSA) is 38.8 Å². The van der Waals surface area contributed by atoms with E-state index < -0.39 is 5.72 Å². The first-order valence-electron chi connectivity index (χ1n) is 13.3. The lowest BCUT2D eigenvalue weighted by Gasteiger charge is -2.48. The van der Waals surface area contributed by atoms with E-state index in [0.717, 1.165) is 42.9 Å². The van der Waals surface area contributed by atoms with Crippen molar-refractivity contribution >= 4 is 11.5 Å². The summed E-state index contributed by atoms with van der Waals surface area (Å²) >= 11 is 0. The highest BCUT2D eigenvalue weighted by Crippen LogP contribution is 2.55. The van der Waals surface area contributed by atoms with Crippen molar-refractivity contribution in [2.75, 3.05) is 18.6 Å². The van der Waals surface area contributed by atoms with Crippen LogP contribution in [0.2, 0.25) is 0 Å². The summed E-state index contributed by atoms with van der Waals surface area (Å²) in [6.45, 7) is 7.47. The molecule has 1 spiro atoms. The van der Waals surface area contributed by atoms with Crippen molar-refractivity contribution in [1.82, 2.24) is 0 Å². The highest BCUT2D eigenvalue weighted by molar-refractivity contribution is 6.09. The van der Waals surface area contributed by atoms with Gasteiger partial charge in [0.1, 0.15) is 11.5 Å². The first kappa shape index (κ1) is 24.4. The van der Waals surface area contributed by atoms with E-state index >= 15 is 0 Å². The summed E-state index contributed by atoms with van der Waals surface area (Å²) in [6, 6.07) is 22.0. The first-order valence-corrected chi connectivity index (χ1v) is 13.3. The van der Waals surface area contributed by atoms with E-state index in [2.05, 4.69) is 57.0 Å². The summed E-state index contributed by atoms with van der Waals surface area (Å²) in [6.07, 6.45) is 6.44. The molecule has 0 N–H and O–H groups in total. The minimum absolute atomic E-state index is 0.0262. The third-order valence-electron chi connectivity index (χ3n) is 8.17. The monoisotopic (exact) mass is 483 g/mol. The van der Waals surface area contributed by atoms with Crippen LogP contribution in [0.15, 0.2) is 66.7 Å². The van der Waals surface area contributed by atoms with Crippen LogP contribution in [0.4, 0.5) is 5.69 Å². The Kier molecular flexibility index (Phi) is 6.55. The zero-order chi connectivity index (χ0) is 25.3. The van der Waals surface area contributed by atoms with E-state index in [1.807, 2.05) is 42.5 Å². The second kappa shape index (κ2) is 9.65. The summed E-state index contributed by atoms with van der Waals surface area (Å²) in [5, 5.41) is 0. The number of likely N-dealkylation sites (N-methyl/N-ethyl adjacent to an activating group) is 1. The Labute approximate surface area is 215 Å². The summed E-state index contributed by atoms with van der Waals surface area (Å²) in [5.74, 6) is 1.71. The number of unbranched alkanes of at least 4 members (excludes halogenated alkanes) is 3. The average molecular weight is 484 g/mol. The fraction of sp³-hybridized carbons (Fsp3) is 0.406. The molecule has 2 aliphatic heterocycles. The molecule has 0 aromatic heterocycles. The molecule has 0 aliphatic carbocycles. The number of fused-ring (bicyclic) bond motifs is 2. The molecule has 0 radical (unpaired) electrons. The number of hydrogen-bond donors (Lipinski definition) is 0. The number of rotatable bonds is 8. The molecule has 5 rings (SSSR count). The maximum Gasteiger partial charge on any atom is 0.193 e. The molecule has 0 fully saturated rings. The van der Waals surface area contributed by atoms with Gasteiger partial charge < -0.3 is 14.4 Å². The Bertz CT molecular complexity index is 1250. The van der Waals surface area contributed by atoms with Crippen LogP contribution in [0.3, 0.4) is 0 Å². The van der Waals surface area contributed by atoms with Crippen LogP contribution in [-0.4, -0.2) is 25.2 Å². The van der Waals surface area contributed by atoms with Gasteiger partial charge in [-0.25, -0.2) is 0 Å². The molecule has 36 heavy (non-hydrogen) atoms. The van der Waals surface area contributed by atoms with Crippen molar-refractivity contribution in [3.8, 4) is 11.5 Å². The Hall–Kier alpha value is -3.27. The number of benzene rings is 3. The van der Waals surface area contributed by atoms with Crippen LogP contribution in [-0.2, 0) is 11.8 Å². The summed E-state index contributed by atoms with van der Waals surface area (Å²) in [5.41, 5.74) is 4.41. The number of hydrogen-bond acceptors (Lipinski definition) is 4. The molecule has 1 unspecified atom stereocenters. The van der Waals surface area contributed by atoms with Gasteiger partial charge in [-0.2, -0.15) is 0 Å². The standard InChI is InChI=1S/C32H37NO3/c1-5-6-7-10-21-35-26-16-13-23(14-17-26)30(34)25-15-18-29-24(22-25)19-20-32(36-29)31(2,3)27-11-8-9-12-28(27)33(32)4/h8-9,11-18,22H,5-7,10,19-21H2,1-4H3. The summed E-state index contributed by atoms with van der Waals surface area (Å²) in [4.78, 5) is 15.5. The third-order valence-corrected chi connectivity index (χ3v) is 8.17. The van der Waals surface area contributed by atoms with Gasteiger partial charge in [-0.3, -0.25) is 4.79 Å². The predicted molar refractivity (Wildman–Crippen MR) is 146 cm³/mol. The number of para-hydroxylation sites is 1. The van der Waals surface area contributed by atoms with Gasteiger partial charge >= 0.3 is 0 Å². The van der Waals surface area contributed by atoms with Gasteiger partial charge in [-0.05, 0) is 86.3 Å². The van der Waals surface area contributed by atoms with Crippen LogP contribution >= 0.6 is 0 Å². The molecule has 0 saturated carbocycles. The van der Waals surface area contributed by atoms with Gasteiger partial charge in [0.25, 0.3) is 0 Å². The molecule has 4 nitrogen and oxygen atoms in total. The van der Waals surface area contributed by atoms with Crippen LogP contribution in [0, 0.1) is 0 Å². The largest absolute Gasteiger partial charge is 0.494 e. The minimum Gasteiger partial charge on any atom is -0.494 e. The van der Waals surface area contributed by atoms with Gasteiger partial charge in [-0.1, -0.05) is 44.4 Å². The normalized spacial score (nSPS) is 19.5.